The summed E-state index contributed by atoms with van der Waals surface area (Å²) in [5.74, 6) is 0. The van der Waals surface area contributed by atoms with Crippen molar-refractivity contribution in [1.82, 2.24) is 0 Å². The lowest BCUT2D eigenvalue weighted by Gasteiger charge is -2.19. The molecule has 0 heterocycles. The van der Waals surface area contributed by atoms with Crippen LogP contribution in [-0.4, -0.2) is 22.2 Å². The molecule has 0 fully saturated rings. The molecule has 0 aromatic heterocycles. The summed E-state index contributed by atoms with van der Waals surface area (Å²) in [6.45, 7) is 4.18. The molecule has 0 aliphatic rings. The highest BCUT2D eigenvalue weighted by molar-refractivity contribution is 4.70. The topological polar surface area (TPSA) is 105 Å². The maximum absolute atomic E-state index is 11.3. The molecule has 8 nitrogen and oxygen atoms in total. The van der Waals surface area contributed by atoms with E-state index in [1.807, 2.05) is 0 Å². The Hall–Kier alpha value is -1.44. The van der Waals surface area contributed by atoms with Gasteiger partial charge in [0.25, 0.3) is 0 Å². The molecule has 0 saturated carbocycles. The van der Waals surface area contributed by atoms with Crippen molar-refractivity contribution >= 4 is 0 Å². The summed E-state index contributed by atoms with van der Waals surface area (Å²) in [5.41, 5.74) is 0. The van der Waals surface area contributed by atoms with Crippen LogP contribution < -0.4 is 0 Å². The SMILES string of the molecule is CCCCCCCC(C(CCCCCC)OO[N+](=O)[O-])[N+](=O)[O-]. The van der Waals surface area contributed by atoms with Crippen LogP contribution in [0.4, 0.5) is 0 Å². The molecule has 0 aliphatic carbocycles. The summed E-state index contributed by atoms with van der Waals surface area (Å²) in [4.78, 5) is 29.9. The van der Waals surface area contributed by atoms with Crippen molar-refractivity contribution in [3.8, 4) is 0 Å². The first-order chi connectivity index (χ1) is 11.0. The number of nitrogens with zero attached hydrogens (tertiary/aromatic N) is 2. The summed E-state index contributed by atoms with van der Waals surface area (Å²) in [7, 11) is 0. The number of rotatable bonds is 16. The Labute approximate surface area is 137 Å². The van der Waals surface area contributed by atoms with Crippen LogP contribution in [0.5, 0.6) is 0 Å². The second kappa shape index (κ2) is 14.2. The Morgan fingerprint density at radius 2 is 1.35 bits per heavy atom. The minimum Gasteiger partial charge on any atom is -0.264 e. The first-order valence-electron chi connectivity index (χ1n) is 8.64. The van der Waals surface area contributed by atoms with E-state index in [0.717, 1.165) is 57.8 Å². The van der Waals surface area contributed by atoms with Gasteiger partial charge in [0.2, 0.25) is 6.04 Å². The normalized spacial score (nSPS) is 13.5. The Bertz CT molecular complexity index is 327. The number of unbranched alkanes of at least 4 members (excludes halogenated alkanes) is 7. The first-order valence-corrected chi connectivity index (χ1v) is 8.64. The molecule has 0 aromatic carbocycles. The van der Waals surface area contributed by atoms with Gasteiger partial charge >= 0.3 is 5.09 Å². The molecule has 0 rings (SSSR count). The van der Waals surface area contributed by atoms with E-state index in [1.165, 1.54) is 0 Å². The predicted molar refractivity (Wildman–Crippen MR) is 85.9 cm³/mol. The lowest BCUT2D eigenvalue weighted by Crippen LogP contribution is -2.36. The molecule has 2 atom stereocenters. The highest BCUT2D eigenvalue weighted by Gasteiger charge is 2.33. The highest BCUT2D eigenvalue weighted by Crippen LogP contribution is 2.19. The molecule has 0 N–H and O–H groups in total. The van der Waals surface area contributed by atoms with Gasteiger partial charge < -0.3 is 0 Å². The van der Waals surface area contributed by atoms with Gasteiger partial charge in [0.05, 0.1) is 0 Å². The number of hydrogen-bond donors (Lipinski definition) is 0. The zero-order valence-electron chi connectivity index (χ0n) is 14.3. The van der Waals surface area contributed by atoms with Crippen LogP contribution in [-0.2, 0) is 9.88 Å². The van der Waals surface area contributed by atoms with E-state index in [9.17, 15) is 20.2 Å². The van der Waals surface area contributed by atoms with Crippen molar-refractivity contribution in [2.75, 3.05) is 0 Å². The van der Waals surface area contributed by atoms with Crippen LogP contribution in [0.15, 0.2) is 0 Å². The Morgan fingerprint density at radius 1 is 0.826 bits per heavy atom. The third-order valence-electron chi connectivity index (χ3n) is 3.87. The second-order valence-electron chi connectivity index (χ2n) is 5.84. The zero-order chi connectivity index (χ0) is 17.5. The molecule has 0 radical (unpaired) electrons. The van der Waals surface area contributed by atoms with Crippen LogP contribution in [0.3, 0.4) is 0 Å². The molecule has 8 heteroatoms. The van der Waals surface area contributed by atoms with E-state index in [2.05, 4.69) is 18.8 Å². The van der Waals surface area contributed by atoms with Crippen LogP contribution in [0.2, 0.25) is 0 Å². The van der Waals surface area contributed by atoms with E-state index >= 15 is 0 Å². The fourth-order valence-electron chi connectivity index (χ4n) is 2.55. The van der Waals surface area contributed by atoms with Gasteiger partial charge in [-0.1, -0.05) is 65.2 Å². The van der Waals surface area contributed by atoms with Crippen LogP contribution >= 0.6 is 0 Å². The highest BCUT2D eigenvalue weighted by atomic mass is 17.3. The largest absolute Gasteiger partial charge is 0.322 e. The van der Waals surface area contributed by atoms with Gasteiger partial charge in [0, 0.05) is 11.3 Å². The van der Waals surface area contributed by atoms with E-state index in [0.29, 0.717) is 12.8 Å². The third-order valence-corrected chi connectivity index (χ3v) is 3.87. The standard InChI is InChI=1S/C15H30N2O6/c1-3-5-7-9-10-12-14(16(18)19)15(22-23-17(20)21)13-11-8-6-4-2/h14-15H,3-13H2,1-2H3. The van der Waals surface area contributed by atoms with Gasteiger partial charge in [0.1, 0.15) is 0 Å². The van der Waals surface area contributed by atoms with Gasteiger partial charge in [-0.2, -0.15) is 4.89 Å². The Kier molecular flexibility index (Phi) is 13.3. The molecule has 2 unspecified atom stereocenters. The van der Waals surface area contributed by atoms with Crippen molar-refractivity contribution in [2.45, 2.75) is 96.6 Å². The first kappa shape index (κ1) is 21.6. The number of nitro groups is 1. The predicted octanol–water partition coefficient (Wildman–Crippen LogP) is 4.47. The maximum atomic E-state index is 11.3. The third kappa shape index (κ3) is 11.7. The Balaban J connectivity index is 4.46. The monoisotopic (exact) mass is 334 g/mol. The fraction of sp³-hybridized carbons (Fsp3) is 1.00. The lowest BCUT2D eigenvalue weighted by atomic mass is 9.98. The van der Waals surface area contributed by atoms with Gasteiger partial charge in [0.15, 0.2) is 6.10 Å². The number of hydrogen-bond acceptors (Lipinski definition) is 6. The smallest absolute Gasteiger partial charge is 0.264 e. The minimum absolute atomic E-state index is 0.357. The molecule has 0 bridgehead atoms. The van der Waals surface area contributed by atoms with Gasteiger partial charge in [-0.3, -0.25) is 10.1 Å². The zero-order valence-corrected chi connectivity index (χ0v) is 14.3. The van der Waals surface area contributed by atoms with E-state index in [-0.39, 0.29) is 0 Å². The Morgan fingerprint density at radius 3 is 1.87 bits per heavy atom. The van der Waals surface area contributed by atoms with Gasteiger partial charge in [-0.15, -0.1) is 15.1 Å². The fourth-order valence-corrected chi connectivity index (χ4v) is 2.55. The molecule has 0 amide bonds. The average Bonchev–Trinajstić information content (AvgIpc) is 2.50. The van der Waals surface area contributed by atoms with E-state index in [4.69, 9.17) is 4.89 Å². The summed E-state index contributed by atoms with van der Waals surface area (Å²) < 4.78 is 0. The molecule has 136 valence electrons. The molecule has 23 heavy (non-hydrogen) atoms. The molecular weight excluding hydrogens is 304 g/mol. The summed E-state index contributed by atoms with van der Waals surface area (Å²) in [6.07, 6.45) is 8.54. The van der Waals surface area contributed by atoms with Gasteiger partial charge in [-0.05, 0) is 12.8 Å². The van der Waals surface area contributed by atoms with Crippen molar-refractivity contribution < 1.29 is 19.9 Å². The molecule has 0 saturated heterocycles. The van der Waals surface area contributed by atoms with Crippen LogP contribution in [0, 0.1) is 20.2 Å². The van der Waals surface area contributed by atoms with Crippen molar-refractivity contribution in [3.63, 3.8) is 0 Å². The van der Waals surface area contributed by atoms with Crippen molar-refractivity contribution in [3.05, 3.63) is 20.2 Å². The van der Waals surface area contributed by atoms with E-state index < -0.39 is 22.2 Å². The minimum atomic E-state index is -1.07. The quantitative estimate of drug-likeness (QED) is 0.178. The van der Waals surface area contributed by atoms with Crippen molar-refractivity contribution in [2.24, 2.45) is 0 Å². The maximum Gasteiger partial charge on any atom is 0.322 e. The molecular formula is C15H30N2O6. The van der Waals surface area contributed by atoms with Crippen LogP contribution in [0.1, 0.15) is 84.5 Å². The molecule has 0 spiro atoms. The van der Waals surface area contributed by atoms with Crippen LogP contribution in [0.25, 0.3) is 0 Å². The van der Waals surface area contributed by atoms with E-state index in [1.54, 1.807) is 0 Å². The molecule has 0 aliphatic heterocycles. The summed E-state index contributed by atoms with van der Waals surface area (Å²) in [5, 5.41) is 20.5. The second-order valence-corrected chi connectivity index (χ2v) is 5.84. The lowest BCUT2D eigenvalue weighted by molar-refractivity contribution is -0.857. The van der Waals surface area contributed by atoms with Gasteiger partial charge in [-0.25, -0.2) is 0 Å². The molecule has 0 aromatic rings. The average molecular weight is 334 g/mol. The van der Waals surface area contributed by atoms with Crippen molar-refractivity contribution in [1.29, 1.82) is 0 Å². The summed E-state index contributed by atoms with van der Waals surface area (Å²) >= 11 is 0. The summed E-state index contributed by atoms with van der Waals surface area (Å²) in [6, 6.07) is -0.960.